The Kier molecular flexibility index (Phi) is 3.37. The molecular weight excluding hydrogens is 360 g/mol. The first-order chi connectivity index (χ1) is 13.9. The van der Waals surface area contributed by atoms with Gasteiger partial charge in [0.25, 0.3) is 0 Å². The van der Waals surface area contributed by atoms with Crippen LogP contribution in [0.3, 0.4) is 0 Å². The molecule has 132 valence electrons. The van der Waals surface area contributed by atoms with Crippen molar-refractivity contribution in [1.29, 1.82) is 0 Å². The molecule has 0 N–H and O–H groups in total. The number of aromatic nitrogens is 2. The first-order valence-corrected chi connectivity index (χ1v) is 10.2. The number of fused-ring (bicyclic) bond motifs is 3. The lowest BCUT2D eigenvalue weighted by Crippen LogP contribution is -1.97. The molecule has 2 heterocycles. The van der Waals surface area contributed by atoms with E-state index in [1.807, 2.05) is 0 Å². The number of nitrogens with zero attached hydrogens (tertiary/aromatic N) is 2. The Labute approximate surface area is 166 Å². The molecule has 0 spiro atoms. The van der Waals surface area contributed by atoms with Crippen molar-refractivity contribution in [2.24, 2.45) is 0 Å². The van der Waals surface area contributed by atoms with Gasteiger partial charge in [0.05, 0.1) is 11.0 Å². The Morgan fingerprint density at radius 3 is 2.46 bits per heavy atom. The fourth-order valence-corrected chi connectivity index (χ4v) is 4.87. The predicted molar refractivity (Wildman–Crippen MR) is 119 cm³/mol. The van der Waals surface area contributed by atoms with Gasteiger partial charge in [-0.1, -0.05) is 60.7 Å². The van der Waals surface area contributed by atoms with Crippen molar-refractivity contribution in [3.63, 3.8) is 0 Å². The molecule has 6 aromatic rings. The van der Waals surface area contributed by atoms with E-state index in [-0.39, 0.29) is 0 Å². The van der Waals surface area contributed by atoms with Gasteiger partial charge in [-0.05, 0) is 41.1 Å². The number of para-hydroxylation sites is 2. The van der Waals surface area contributed by atoms with Gasteiger partial charge in [-0.2, -0.15) is 0 Å². The van der Waals surface area contributed by atoms with Gasteiger partial charge in [0.2, 0.25) is 0 Å². The quantitative estimate of drug-likeness (QED) is 0.316. The summed E-state index contributed by atoms with van der Waals surface area (Å²) in [4.78, 5) is 5.03. The Morgan fingerprint density at radius 1 is 0.714 bits per heavy atom. The summed E-state index contributed by atoms with van der Waals surface area (Å²) in [6.45, 7) is 0. The second-order valence-electron chi connectivity index (χ2n) is 6.94. The van der Waals surface area contributed by atoms with Crippen LogP contribution in [0.1, 0.15) is 0 Å². The summed E-state index contributed by atoms with van der Waals surface area (Å²) < 4.78 is 3.57. The minimum atomic E-state index is 0.994. The van der Waals surface area contributed by atoms with Crippen molar-refractivity contribution in [1.82, 2.24) is 9.55 Å². The lowest BCUT2D eigenvalue weighted by Gasteiger charge is -2.10. The van der Waals surface area contributed by atoms with Crippen LogP contribution in [0, 0.1) is 0 Å². The van der Waals surface area contributed by atoms with E-state index in [2.05, 4.69) is 101 Å². The minimum absolute atomic E-state index is 0.994. The van der Waals surface area contributed by atoms with Gasteiger partial charge in [0.1, 0.15) is 5.82 Å². The molecule has 6 rings (SSSR count). The maximum atomic E-state index is 5.03. The van der Waals surface area contributed by atoms with Crippen LogP contribution in [-0.4, -0.2) is 9.55 Å². The van der Waals surface area contributed by atoms with E-state index in [9.17, 15) is 0 Å². The molecule has 0 saturated heterocycles. The van der Waals surface area contributed by atoms with Gasteiger partial charge < -0.3 is 0 Å². The predicted octanol–water partition coefficient (Wildman–Crippen LogP) is 7.06. The SMILES string of the molecule is c1ccc2cc(-n3c(-c4csc5ccccc45)nc4ccccc43)ccc2c1. The third-order valence-corrected chi connectivity index (χ3v) is 6.24. The van der Waals surface area contributed by atoms with E-state index >= 15 is 0 Å². The lowest BCUT2D eigenvalue weighted by atomic mass is 10.1. The summed E-state index contributed by atoms with van der Waals surface area (Å²) >= 11 is 1.77. The molecule has 2 aromatic heterocycles. The monoisotopic (exact) mass is 376 g/mol. The molecule has 0 aliphatic heterocycles. The molecule has 0 aliphatic rings. The topological polar surface area (TPSA) is 17.8 Å². The molecule has 0 aliphatic carbocycles. The van der Waals surface area contributed by atoms with E-state index in [0.717, 1.165) is 22.5 Å². The van der Waals surface area contributed by atoms with Crippen molar-refractivity contribution >= 4 is 43.2 Å². The zero-order chi connectivity index (χ0) is 18.5. The van der Waals surface area contributed by atoms with Gasteiger partial charge >= 0.3 is 0 Å². The summed E-state index contributed by atoms with van der Waals surface area (Å²) in [6, 6.07) is 32.0. The average Bonchev–Trinajstić information content (AvgIpc) is 3.34. The highest BCUT2D eigenvalue weighted by atomic mass is 32.1. The highest BCUT2D eigenvalue weighted by Gasteiger charge is 2.17. The second kappa shape index (κ2) is 6.04. The van der Waals surface area contributed by atoms with Crippen LogP contribution in [-0.2, 0) is 0 Å². The van der Waals surface area contributed by atoms with Gasteiger partial charge in [0, 0.05) is 26.7 Å². The van der Waals surface area contributed by atoms with E-state index in [4.69, 9.17) is 4.98 Å². The molecule has 0 bridgehead atoms. The summed E-state index contributed by atoms with van der Waals surface area (Å²) in [5.41, 5.74) is 4.46. The van der Waals surface area contributed by atoms with E-state index < -0.39 is 0 Å². The molecule has 0 radical (unpaired) electrons. The molecular formula is C25H16N2S. The highest BCUT2D eigenvalue weighted by molar-refractivity contribution is 7.17. The second-order valence-corrected chi connectivity index (χ2v) is 7.85. The third kappa shape index (κ3) is 2.30. The van der Waals surface area contributed by atoms with Crippen LogP contribution < -0.4 is 0 Å². The number of rotatable bonds is 2. The summed E-state index contributed by atoms with van der Waals surface area (Å²) in [5.74, 6) is 0.994. The molecule has 0 unspecified atom stereocenters. The summed E-state index contributed by atoms with van der Waals surface area (Å²) in [7, 11) is 0. The molecule has 0 fully saturated rings. The minimum Gasteiger partial charge on any atom is -0.292 e. The van der Waals surface area contributed by atoms with E-state index in [1.165, 1.54) is 26.4 Å². The van der Waals surface area contributed by atoms with Crippen molar-refractivity contribution < 1.29 is 0 Å². The Bertz CT molecular complexity index is 1470. The van der Waals surface area contributed by atoms with Crippen LogP contribution in [0.4, 0.5) is 0 Å². The Hall–Kier alpha value is -3.43. The molecule has 0 amide bonds. The van der Waals surface area contributed by atoms with Crippen LogP contribution in [0.5, 0.6) is 0 Å². The van der Waals surface area contributed by atoms with Crippen molar-refractivity contribution in [3.8, 4) is 17.1 Å². The van der Waals surface area contributed by atoms with Crippen molar-refractivity contribution in [2.45, 2.75) is 0 Å². The fourth-order valence-electron chi connectivity index (χ4n) is 3.93. The third-order valence-electron chi connectivity index (χ3n) is 5.27. The number of benzene rings is 4. The largest absolute Gasteiger partial charge is 0.292 e. The average molecular weight is 376 g/mol. The Morgan fingerprint density at radius 2 is 1.50 bits per heavy atom. The molecule has 28 heavy (non-hydrogen) atoms. The number of imidazole rings is 1. The van der Waals surface area contributed by atoms with Crippen LogP contribution in [0.15, 0.2) is 96.4 Å². The van der Waals surface area contributed by atoms with Crippen LogP contribution >= 0.6 is 11.3 Å². The molecule has 4 aromatic carbocycles. The highest BCUT2D eigenvalue weighted by Crippen LogP contribution is 2.37. The number of thiophene rings is 1. The van der Waals surface area contributed by atoms with Gasteiger partial charge in [0.15, 0.2) is 0 Å². The van der Waals surface area contributed by atoms with Gasteiger partial charge in [-0.15, -0.1) is 11.3 Å². The smallest absolute Gasteiger partial charge is 0.147 e. The number of hydrogen-bond donors (Lipinski definition) is 0. The molecule has 0 atom stereocenters. The van der Waals surface area contributed by atoms with Crippen molar-refractivity contribution in [2.75, 3.05) is 0 Å². The van der Waals surface area contributed by atoms with E-state index in [0.29, 0.717) is 0 Å². The first-order valence-electron chi connectivity index (χ1n) is 9.32. The molecule has 2 nitrogen and oxygen atoms in total. The van der Waals surface area contributed by atoms with Crippen LogP contribution in [0.25, 0.3) is 49.0 Å². The maximum Gasteiger partial charge on any atom is 0.147 e. The zero-order valence-electron chi connectivity index (χ0n) is 15.0. The fraction of sp³-hybridized carbons (Fsp3) is 0. The Balaban J connectivity index is 1.70. The number of hydrogen-bond acceptors (Lipinski definition) is 2. The van der Waals surface area contributed by atoms with Gasteiger partial charge in [-0.3, -0.25) is 4.57 Å². The van der Waals surface area contributed by atoms with Crippen LogP contribution in [0.2, 0.25) is 0 Å². The molecule has 3 heteroatoms. The standard InChI is InChI=1S/C25H16N2S/c1-2-8-18-15-19(14-13-17(18)7-1)27-23-11-5-4-10-22(23)26-25(27)21-16-28-24-12-6-3-9-20(21)24/h1-16H. The van der Waals surface area contributed by atoms with E-state index in [1.54, 1.807) is 11.3 Å². The normalized spacial score (nSPS) is 11.6. The zero-order valence-corrected chi connectivity index (χ0v) is 15.9. The van der Waals surface area contributed by atoms with Gasteiger partial charge in [-0.25, -0.2) is 4.98 Å². The summed E-state index contributed by atoms with van der Waals surface area (Å²) in [6.07, 6.45) is 0. The first kappa shape index (κ1) is 15.6. The van der Waals surface area contributed by atoms with Crippen molar-refractivity contribution in [3.05, 3.63) is 96.4 Å². The maximum absolute atomic E-state index is 5.03. The lowest BCUT2D eigenvalue weighted by molar-refractivity contribution is 1.11. The molecule has 0 saturated carbocycles. The summed E-state index contributed by atoms with van der Waals surface area (Å²) in [5, 5.41) is 5.96.